The second kappa shape index (κ2) is 5.82. The fourth-order valence-corrected chi connectivity index (χ4v) is 1.96. The summed E-state index contributed by atoms with van der Waals surface area (Å²) in [5, 5.41) is 0. The number of hydrogen-bond donors (Lipinski definition) is 0. The molecular weight excluding hydrogens is 301 g/mol. The molecule has 1 aromatic carbocycles. The Kier molecular flexibility index (Phi) is 4.15. The van der Waals surface area contributed by atoms with Crippen molar-refractivity contribution in [2.45, 2.75) is 6.54 Å². The van der Waals surface area contributed by atoms with E-state index >= 15 is 0 Å². The summed E-state index contributed by atoms with van der Waals surface area (Å²) >= 11 is 3.21. The van der Waals surface area contributed by atoms with Crippen LogP contribution >= 0.6 is 15.9 Å². The Hall–Kier alpha value is -1.62. The molecule has 18 heavy (non-hydrogen) atoms. The average molecular weight is 312 g/mol. The van der Waals surface area contributed by atoms with Crippen LogP contribution in [0.1, 0.15) is 0 Å². The van der Waals surface area contributed by atoms with Crippen LogP contribution in [0, 0.1) is 5.82 Å². The van der Waals surface area contributed by atoms with Crippen molar-refractivity contribution in [3.05, 3.63) is 63.2 Å². The highest BCUT2D eigenvalue weighted by molar-refractivity contribution is 9.10. The molecule has 3 nitrogen and oxygen atoms in total. The van der Waals surface area contributed by atoms with Crippen molar-refractivity contribution in [2.75, 3.05) is 6.61 Å². The van der Waals surface area contributed by atoms with Gasteiger partial charge < -0.3 is 9.30 Å². The molecule has 0 radical (unpaired) electrons. The van der Waals surface area contributed by atoms with Crippen LogP contribution in [-0.4, -0.2) is 11.2 Å². The van der Waals surface area contributed by atoms with Crippen LogP contribution in [0.15, 0.2) is 51.9 Å². The van der Waals surface area contributed by atoms with E-state index in [1.165, 1.54) is 18.2 Å². The molecular formula is C13H11BrFNO2. The zero-order valence-electron chi connectivity index (χ0n) is 9.48. The van der Waals surface area contributed by atoms with Crippen LogP contribution in [0.25, 0.3) is 0 Å². The quantitative estimate of drug-likeness (QED) is 0.869. The van der Waals surface area contributed by atoms with Gasteiger partial charge in [0, 0.05) is 12.3 Å². The van der Waals surface area contributed by atoms with Crippen molar-refractivity contribution < 1.29 is 9.13 Å². The van der Waals surface area contributed by atoms with E-state index in [-0.39, 0.29) is 11.4 Å². The lowest BCUT2D eigenvalue weighted by atomic mass is 10.3. The third-order valence-corrected chi connectivity index (χ3v) is 3.00. The van der Waals surface area contributed by atoms with Gasteiger partial charge >= 0.3 is 0 Å². The monoisotopic (exact) mass is 311 g/mol. The van der Waals surface area contributed by atoms with Gasteiger partial charge in [-0.3, -0.25) is 4.79 Å². The third kappa shape index (κ3) is 3.20. The summed E-state index contributed by atoms with van der Waals surface area (Å²) in [7, 11) is 0. The van der Waals surface area contributed by atoms with Crippen LogP contribution < -0.4 is 10.3 Å². The largest absolute Gasteiger partial charge is 0.491 e. The lowest BCUT2D eigenvalue weighted by Gasteiger charge is -2.09. The number of aromatic nitrogens is 1. The van der Waals surface area contributed by atoms with E-state index in [0.717, 1.165) is 0 Å². The molecule has 0 unspecified atom stereocenters. The zero-order valence-corrected chi connectivity index (χ0v) is 11.1. The number of pyridine rings is 1. The van der Waals surface area contributed by atoms with E-state index in [2.05, 4.69) is 15.9 Å². The summed E-state index contributed by atoms with van der Waals surface area (Å²) < 4.78 is 20.4. The van der Waals surface area contributed by atoms with Gasteiger partial charge in [-0.05, 0) is 40.2 Å². The number of benzene rings is 1. The second-order valence-corrected chi connectivity index (χ2v) is 4.51. The number of rotatable bonds is 4. The SMILES string of the molecule is O=c1ccccn1CCOc1ccc(F)cc1Br. The minimum absolute atomic E-state index is 0.0701. The molecule has 94 valence electrons. The molecule has 0 N–H and O–H groups in total. The molecule has 0 saturated heterocycles. The van der Waals surface area contributed by atoms with Crippen LogP contribution in [0.2, 0.25) is 0 Å². The molecule has 0 amide bonds. The summed E-state index contributed by atoms with van der Waals surface area (Å²) in [6.07, 6.45) is 1.70. The van der Waals surface area contributed by atoms with Gasteiger partial charge in [-0.25, -0.2) is 4.39 Å². The normalized spacial score (nSPS) is 10.3. The van der Waals surface area contributed by atoms with E-state index in [9.17, 15) is 9.18 Å². The summed E-state index contributed by atoms with van der Waals surface area (Å²) in [4.78, 5) is 11.4. The molecule has 0 fully saturated rings. The first-order chi connectivity index (χ1) is 8.66. The van der Waals surface area contributed by atoms with Crippen molar-refractivity contribution in [3.63, 3.8) is 0 Å². The Morgan fingerprint density at radius 3 is 2.83 bits per heavy atom. The van der Waals surface area contributed by atoms with Crippen LogP contribution in [-0.2, 0) is 6.54 Å². The van der Waals surface area contributed by atoms with Gasteiger partial charge in [0.2, 0.25) is 0 Å². The topological polar surface area (TPSA) is 31.2 Å². The van der Waals surface area contributed by atoms with Crippen molar-refractivity contribution in [1.82, 2.24) is 4.57 Å². The zero-order chi connectivity index (χ0) is 13.0. The van der Waals surface area contributed by atoms with Crippen LogP contribution in [0.5, 0.6) is 5.75 Å². The molecule has 0 bridgehead atoms. The maximum absolute atomic E-state index is 12.9. The number of halogens is 2. The Morgan fingerprint density at radius 1 is 1.28 bits per heavy atom. The maximum atomic E-state index is 12.9. The molecule has 1 heterocycles. The lowest BCUT2D eigenvalue weighted by molar-refractivity contribution is 0.294. The predicted octanol–water partition coefficient (Wildman–Crippen LogP) is 2.83. The predicted molar refractivity (Wildman–Crippen MR) is 70.3 cm³/mol. The first-order valence-electron chi connectivity index (χ1n) is 5.40. The fraction of sp³-hybridized carbons (Fsp3) is 0.154. The summed E-state index contributed by atoms with van der Waals surface area (Å²) in [6.45, 7) is 0.789. The molecule has 2 rings (SSSR count). The van der Waals surface area contributed by atoms with Gasteiger partial charge in [-0.2, -0.15) is 0 Å². The molecule has 5 heteroatoms. The Morgan fingerprint density at radius 2 is 2.11 bits per heavy atom. The molecule has 0 aliphatic carbocycles. The molecule has 2 aromatic rings. The van der Waals surface area contributed by atoms with Gasteiger partial charge in [0.25, 0.3) is 5.56 Å². The number of nitrogens with zero attached hydrogens (tertiary/aromatic N) is 1. The second-order valence-electron chi connectivity index (χ2n) is 3.66. The molecule has 0 spiro atoms. The maximum Gasteiger partial charge on any atom is 0.250 e. The van der Waals surface area contributed by atoms with Crippen molar-refractivity contribution in [2.24, 2.45) is 0 Å². The summed E-state index contributed by atoms with van der Waals surface area (Å²) in [5.74, 6) is 0.230. The van der Waals surface area contributed by atoms with Gasteiger partial charge in [0.05, 0.1) is 11.0 Å². The van der Waals surface area contributed by atoms with Crippen LogP contribution in [0.4, 0.5) is 4.39 Å². The van der Waals surface area contributed by atoms with Gasteiger partial charge in [-0.1, -0.05) is 6.07 Å². The Balaban J connectivity index is 1.97. The van der Waals surface area contributed by atoms with Crippen molar-refractivity contribution in [3.8, 4) is 5.75 Å². The molecule has 0 atom stereocenters. The molecule has 0 aliphatic rings. The van der Waals surface area contributed by atoms with E-state index in [0.29, 0.717) is 23.4 Å². The Bertz CT molecular complexity index is 598. The standard InChI is InChI=1S/C13H11BrFNO2/c14-11-9-10(15)4-5-12(11)18-8-7-16-6-2-1-3-13(16)17/h1-6,9H,7-8H2. The molecule has 1 aromatic heterocycles. The summed E-state index contributed by atoms with van der Waals surface area (Å²) in [6, 6.07) is 9.19. The van der Waals surface area contributed by atoms with Gasteiger partial charge in [-0.15, -0.1) is 0 Å². The lowest BCUT2D eigenvalue weighted by Crippen LogP contribution is -2.21. The highest BCUT2D eigenvalue weighted by Gasteiger charge is 2.02. The number of ether oxygens (including phenoxy) is 1. The van der Waals surface area contributed by atoms with Crippen molar-refractivity contribution in [1.29, 1.82) is 0 Å². The molecule has 0 saturated carbocycles. The average Bonchev–Trinajstić information content (AvgIpc) is 2.34. The number of hydrogen-bond acceptors (Lipinski definition) is 2. The first kappa shape index (κ1) is 12.8. The third-order valence-electron chi connectivity index (χ3n) is 2.38. The van der Waals surface area contributed by atoms with Crippen molar-refractivity contribution >= 4 is 15.9 Å². The highest BCUT2D eigenvalue weighted by Crippen LogP contribution is 2.25. The highest BCUT2D eigenvalue weighted by atomic mass is 79.9. The van der Waals surface area contributed by atoms with E-state index in [1.807, 2.05) is 0 Å². The van der Waals surface area contributed by atoms with Crippen LogP contribution in [0.3, 0.4) is 0 Å². The smallest absolute Gasteiger partial charge is 0.250 e. The minimum Gasteiger partial charge on any atom is -0.491 e. The first-order valence-corrected chi connectivity index (χ1v) is 6.19. The van der Waals surface area contributed by atoms with E-state index in [4.69, 9.17) is 4.74 Å². The molecule has 0 aliphatic heterocycles. The van der Waals surface area contributed by atoms with E-state index in [1.54, 1.807) is 29.0 Å². The fourth-order valence-electron chi connectivity index (χ4n) is 1.49. The minimum atomic E-state index is -0.325. The summed E-state index contributed by atoms with van der Waals surface area (Å²) in [5.41, 5.74) is -0.0701. The van der Waals surface area contributed by atoms with E-state index < -0.39 is 0 Å². The van der Waals surface area contributed by atoms with Gasteiger partial charge in [0.1, 0.15) is 18.2 Å². The van der Waals surface area contributed by atoms with Gasteiger partial charge in [0.15, 0.2) is 0 Å². The Labute approximate surface area is 112 Å².